The number of benzene rings is 1. The van der Waals surface area contributed by atoms with E-state index in [1.165, 1.54) is 0 Å². The molecule has 0 atom stereocenters. The fourth-order valence-corrected chi connectivity index (χ4v) is 2.85. The fraction of sp³-hybridized carbons (Fsp3) is 0.571. The van der Waals surface area contributed by atoms with Gasteiger partial charge in [0, 0.05) is 12.1 Å². The third kappa shape index (κ3) is 4.43. The summed E-state index contributed by atoms with van der Waals surface area (Å²) in [4.78, 5) is 13.9. The zero-order valence-electron chi connectivity index (χ0n) is 12.5. The Kier molecular flexibility index (Phi) is 4.87. The Hall–Kier alpha value is -1.20. The van der Waals surface area contributed by atoms with Crippen molar-refractivity contribution in [3.05, 3.63) is 39.9 Å². The molecule has 106 valence electrons. The Bertz CT molecular complexity index is 436. The van der Waals surface area contributed by atoms with E-state index in [0.29, 0.717) is 5.04 Å². The molecule has 1 aromatic carbocycles. The van der Waals surface area contributed by atoms with E-state index in [0.717, 1.165) is 18.5 Å². The highest BCUT2D eigenvalue weighted by atomic mass is 28.3. The van der Waals surface area contributed by atoms with E-state index in [1.54, 1.807) is 12.1 Å². The van der Waals surface area contributed by atoms with Crippen LogP contribution < -0.4 is 4.98 Å². The maximum absolute atomic E-state index is 10.6. The molecule has 0 amide bonds. The molecule has 5 heteroatoms. The largest absolute Gasteiger partial charge is 0.337 e. The number of rotatable bonds is 5. The SMILES string of the molecule is CC(C)(C)[Si](C)(C)NCCc1ccc([N+](=O)[O-])cc1. The molecule has 0 aliphatic heterocycles. The maximum Gasteiger partial charge on any atom is 0.269 e. The lowest BCUT2D eigenvalue weighted by molar-refractivity contribution is -0.384. The summed E-state index contributed by atoms with van der Waals surface area (Å²) in [6.45, 7) is 12.4. The van der Waals surface area contributed by atoms with Crippen LogP contribution in [-0.4, -0.2) is 19.7 Å². The lowest BCUT2D eigenvalue weighted by Crippen LogP contribution is -2.52. The topological polar surface area (TPSA) is 55.2 Å². The van der Waals surface area contributed by atoms with Gasteiger partial charge in [-0.05, 0) is 23.6 Å². The quantitative estimate of drug-likeness (QED) is 0.508. The smallest absolute Gasteiger partial charge is 0.269 e. The first-order chi connectivity index (χ1) is 8.63. The molecular formula is C14H24N2O2Si. The van der Waals surface area contributed by atoms with Crippen LogP contribution in [0.3, 0.4) is 0 Å². The van der Waals surface area contributed by atoms with E-state index < -0.39 is 8.24 Å². The van der Waals surface area contributed by atoms with E-state index in [-0.39, 0.29) is 10.6 Å². The fourth-order valence-electron chi connectivity index (χ4n) is 1.57. The zero-order valence-corrected chi connectivity index (χ0v) is 13.5. The summed E-state index contributed by atoms with van der Waals surface area (Å²) in [5.41, 5.74) is 1.29. The van der Waals surface area contributed by atoms with E-state index in [1.807, 2.05) is 12.1 Å². The zero-order chi connectivity index (χ0) is 14.7. The highest BCUT2D eigenvalue weighted by Gasteiger charge is 2.34. The molecule has 0 saturated heterocycles. The third-order valence-corrected chi connectivity index (χ3v) is 8.89. The van der Waals surface area contributed by atoms with Crippen molar-refractivity contribution in [3.63, 3.8) is 0 Å². The second-order valence-electron chi connectivity index (χ2n) is 6.48. The minimum absolute atomic E-state index is 0.154. The van der Waals surface area contributed by atoms with Crippen LogP contribution in [0.25, 0.3) is 0 Å². The van der Waals surface area contributed by atoms with Gasteiger partial charge in [0.2, 0.25) is 0 Å². The molecule has 0 spiro atoms. The van der Waals surface area contributed by atoms with Gasteiger partial charge in [-0.15, -0.1) is 0 Å². The van der Waals surface area contributed by atoms with Crippen molar-refractivity contribution in [1.29, 1.82) is 0 Å². The van der Waals surface area contributed by atoms with Crippen molar-refractivity contribution in [3.8, 4) is 0 Å². The van der Waals surface area contributed by atoms with Crippen molar-refractivity contribution in [2.75, 3.05) is 6.54 Å². The Balaban J connectivity index is 2.52. The van der Waals surface area contributed by atoms with Crippen LogP contribution in [0.5, 0.6) is 0 Å². The molecular weight excluding hydrogens is 256 g/mol. The normalized spacial score (nSPS) is 12.5. The van der Waals surface area contributed by atoms with Gasteiger partial charge in [0.1, 0.15) is 8.24 Å². The van der Waals surface area contributed by atoms with E-state index >= 15 is 0 Å². The minimum atomic E-state index is -1.45. The monoisotopic (exact) mass is 280 g/mol. The van der Waals surface area contributed by atoms with Crippen molar-refractivity contribution in [1.82, 2.24) is 4.98 Å². The molecule has 0 aliphatic carbocycles. The van der Waals surface area contributed by atoms with Gasteiger partial charge in [-0.2, -0.15) is 0 Å². The molecule has 4 nitrogen and oxygen atoms in total. The third-order valence-electron chi connectivity index (χ3n) is 4.00. The molecule has 0 radical (unpaired) electrons. The van der Waals surface area contributed by atoms with Gasteiger partial charge in [-0.1, -0.05) is 46.0 Å². The van der Waals surface area contributed by atoms with Crippen LogP contribution in [-0.2, 0) is 6.42 Å². The van der Waals surface area contributed by atoms with E-state index in [4.69, 9.17) is 0 Å². The first-order valence-corrected chi connectivity index (χ1v) is 9.62. The van der Waals surface area contributed by atoms with Crippen LogP contribution in [0.2, 0.25) is 18.1 Å². The number of hydrogen-bond donors (Lipinski definition) is 1. The van der Waals surface area contributed by atoms with Crippen LogP contribution >= 0.6 is 0 Å². The first kappa shape index (κ1) is 15.9. The molecule has 0 saturated carbocycles. The number of nitrogens with zero attached hydrogens (tertiary/aromatic N) is 1. The molecule has 1 aromatic rings. The summed E-state index contributed by atoms with van der Waals surface area (Å²) in [6.07, 6.45) is 0.907. The van der Waals surface area contributed by atoms with Gasteiger partial charge in [-0.25, -0.2) is 0 Å². The summed E-state index contributed by atoms with van der Waals surface area (Å²) in [5, 5.41) is 10.9. The van der Waals surface area contributed by atoms with Crippen molar-refractivity contribution in [2.24, 2.45) is 0 Å². The minimum Gasteiger partial charge on any atom is -0.337 e. The van der Waals surface area contributed by atoms with Gasteiger partial charge in [0.15, 0.2) is 0 Å². The maximum atomic E-state index is 10.6. The molecule has 0 aromatic heterocycles. The molecule has 0 fully saturated rings. The summed E-state index contributed by atoms with van der Waals surface area (Å²) < 4.78 is 0. The average molecular weight is 280 g/mol. The summed E-state index contributed by atoms with van der Waals surface area (Å²) in [6, 6.07) is 6.82. The van der Waals surface area contributed by atoms with Crippen LogP contribution in [0.4, 0.5) is 5.69 Å². The molecule has 0 heterocycles. The second kappa shape index (κ2) is 5.84. The number of hydrogen-bond acceptors (Lipinski definition) is 3. The van der Waals surface area contributed by atoms with Gasteiger partial charge < -0.3 is 4.98 Å². The Labute approximate surface area is 116 Å². The standard InChI is InChI=1S/C14H24N2O2Si/c1-14(2,3)19(4,5)15-11-10-12-6-8-13(9-7-12)16(17)18/h6-9,15H,10-11H2,1-5H3. The lowest BCUT2D eigenvalue weighted by Gasteiger charge is -2.37. The van der Waals surface area contributed by atoms with Crippen LogP contribution in [0, 0.1) is 10.1 Å². The molecule has 1 rings (SSSR count). The highest BCUT2D eigenvalue weighted by Crippen LogP contribution is 2.33. The van der Waals surface area contributed by atoms with Crippen molar-refractivity contribution >= 4 is 13.9 Å². The number of non-ortho nitro benzene ring substituents is 1. The van der Waals surface area contributed by atoms with Gasteiger partial charge in [0.25, 0.3) is 5.69 Å². The number of nitrogens with one attached hydrogen (secondary N) is 1. The Morgan fingerprint density at radius 3 is 2.16 bits per heavy atom. The predicted octanol–water partition coefficient (Wildman–Crippen LogP) is 3.73. The van der Waals surface area contributed by atoms with Crippen molar-refractivity contribution in [2.45, 2.75) is 45.3 Å². The summed E-state index contributed by atoms with van der Waals surface area (Å²) in [7, 11) is -1.45. The molecule has 0 aliphatic rings. The Morgan fingerprint density at radius 1 is 1.21 bits per heavy atom. The molecule has 0 bridgehead atoms. The molecule has 0 unspecified atom stereocenters. The highest BCUT2D eigenvalue weighted by molar-refractivity contribution is 6.77. The van der Waals surface area contributed by atoms with Crippen molar-refractivity contribution < 1.29 is 4.92 Å². The second-order valence-corrected chi connectivity index (χ2v) is 11.6. The molecule has 1 N–H and O–H groups in total. The van der Waals surface area contributed by atoms with E-state index in [2.05, 4.69) is 38.8 Å². The van der Waals surface area contributed by atoms with Crippen LogP contribution in [0.15, 0.2) is 24.3 Å². The van der Waals surface area contributed by atoms with Gasteiger partial charge in [0.05, 0.1) is 4.92 Å². The summed E-state index contributed by atoms with van der Waals surface area (Å²) >= 11 is 0. The summed E-state index contributed by atoms with van der Waals surface area (Å²) in [5.74, 6) is 0. The number of nitro benzene ring substituents is 1. The predicted molar refractivity (Wildman–Crippen MR) is 82.0 cm³/mol. The molecule has 19 heavy (non-hydrogen) atoms. The van der Waals surface area contributed by atoms with E-state index in [9.17, 15) is 10.1 Å². The first-order valence-electron chi connectivity index (χ1n) is 6.62. The van der Waals surface area contributed by atoms with Gasteiger partial charge >= 0.3 is 0 Å². The lowest BCUT2D eigenvalue weighted by atomic mass is 10.1. The average Bonchev–Trinajstić information content (AvgIpc) is 2.28. The van der Waals surface area contributed by atoms with Gasteiger partial charge in [-0.3, -0.25) is 10.1 Å². The Morgan fingerprint density at radius 2 is 1.74 bits per heavy atom. The van der Waals surface area contributed by atoms with Crippen LogP contribution in [0.1, 0.15) is 26.3 Å². The number of nitro groups is 1.